The lowest BCUT2D eigenvalue weighted by Gasteiger charge is -2.20. The molecule has 0 heterocycles. The Labute approximate surface area is 56.2 Å². The van der Waals surface area contributed by atoms with Crippen LogP contribution in [0.25, 0.3) is 0 Å². The molecule has 0 aromatic heterocycles. The minimum atomic E-state index is 0.360. The summed E-state index contributed by atoms with van der Waals surface area (Å²) in [4.78, 5) is 0. The summed E-state index contributed by atoms with van der Waals surface area (Å²) in [5.41, 5.74) is 0. The summed E-state index contributed by atoms with van der Waals surface area (Å²) in [5, 5.41) is 0.360. The second-order valence-electron chi connectivity index (χ2n) is 2.67. The first-order chi connectivity index (χ1) is 3.79. The maximum atomic E-state index is 5.86. The molecule has 47 valence electrons. The largest absolute Gasteiger partial charge is 0.123 e. The van der Waals surface area contributed by atoms with E-state index in [4.69, 9.17) is 11.6 Å². The van der Waals surface area contributed by atoms with Gasteiger partial charge < -0.3 is 0 Å². The summed E-state index contributed by atoms with van der Waals surface area (Å²) in [7, 11) is 0. The van der Waals surface area contributed by atoms with Crippen LogP contribution in [0.4, 0.5) is 0 Å². The molecule has 0 saturated heterocycles. The first kappa shape index (κ1) is 6.41. The van der Waals surface area contributed by atoms with Gasteiger partial charge in [-0.25, -0.2) is 0 Å². The van der Waals surface area contributed by atoms with E-state index in [0.29, 0.717) is 5.38 Å². The molecule has 1 fully saturated rings. The van der Waals surface area contributed by atoms with Crippen molar-refractivity contribution < 1.29 is 0 Å². The summed E-state index contributed by atoms with van der Waals surface area (Å²) < 4.78 is 0. The molecule has 0 aliphatic heterocycles. The number of hydrogen-bond acceptors (Lipinski definition) is 0. The second-order valence-corrected chi connectivity index (χ2v) is 3.23. The van der Waals surface area contributed by atoms with E-state index in [1.54, 1.807) is 0 Å². The van der Waals surface area contributed by atoms with E-state index < -0.39 is 0 Å². The zero-order valence-corrected chi connectivity index (χ0v) is 5.99. The third-order valence-corrected chi connectivity index (χ3v) is 2.07. The monoisotopic (exact) mass is 131 g/mol. The van der Waals surface area contributed by atoms with Crippen LogP contribution in [0.3, 0.4) is 0 Å². The summed E-state index contributed by atoms with van der Waals surface area (Å²) in [6.07, 6.45) is 5.95. The van der Waals surface area contributed by atoms with Gasteiger partial charge >= 0.3 is 0 Å². The molecule has 1 saturated carbocycles. The molecule has 1 rings (SSSR count). The number of alkyl halides is 1. The van der Waals surface area contributed by atoms with E-state index in [-0.39, 0.29) is 0 Å². The zero-order chi connectivity index (χ0) is 5.98. The maximum absolute atomic E-state index is 5.86. The van der Waals surface area contributed by atoms with Gasteiger partial charge in [-0.2, -0.15) is 0 Å². The molecule has 1 radical (unpaired) electrons. The van der Waals surface area contributed by atoms with Crippen LogP contribution < -0.4 is 0 Å². The highest BCUT2D eigenvalue weighted by Crippen LogP contribution is 2.25. The van der Waals surface area contributed by atoms with E-state index in [1.807, 2.05) is 0 Å². The average Bonchev–Trinajstić information content (AvgIpc) is 1.64. The van der Waals surface area contributed by atoms with E-state index in [1.165, 1.54) is 19.3 Å². The van der Waals surface area contributed by atoms with Crippen molar-refractivity contribution in [3.63, 3.8) is 0 Å². The maximum Gasteiger partial charge on any atom is 0.0370 e. The van der Waals surface area contributed by atoms with Gasteiger partial charge in [-0.15, -0.1) is 11.6 Å². The Hall–Kier alpha value is 0.290. The Balaban J connectivity index is 2.23. The van der Waals surface area contributed by atoms with Gasteiger partial charge in [-0.05, 0) is 25.2 Å². The van der Waals surface area contributed by atoms with Gasteiger partial charge in [-0.3, -0.25) is 0 Å². The highest BCUT2D eigenvalue weighted by molar-refractivity contribution is 6.21. The third kappa shape index (κ3) is 1.66. The van der Waals surface area contributed by atoms with Crippen molar-refractivity contribution >= 4 is 11.6 Å². The number of halogens is 1. The lowest BCUT2D eigenvalue weighted by molar-refractivity contribution is 0.444. The summed E-state index contributed by atoms with van der Waals surface area (Å²) in [6, 6.07) is 0. The van der Waals surface area contributed by atoms with Gasteiger partial charge in [0.25, 0.3) is 0 Å². The lowest BCUT2D eigenvalue weighted by atomic mass is 9.91. The quantitative estimate of drug-likeness (QED) is 0.444. The van der Waals surface area contributed by atoms with E-state index in [0.717, 1.165) is 5.92 Å². The highest BCUT2D eigenvalue weighted by atomic mass is 35.5. The van der Waals surface area contributed by atoms with Crippen molar-refractivity contribution in [2.45, 2.75) is 31.6 Å². The number of hydrogen-bond donors (Lipinski definition) is 0. The molecule has 1 aliphatic carbocycles. The van der Waals surface area contributed by atoms with Crippen LogP contribution in [0.2, 0.25) is 0 Å². The Bertz CT molecular complexity index is 62.8. The fraction of sp³-hybridized carbons (Fsp3) is 0.857. The molecule has 0 N–H and O–H groups in total. The van der Waals surface area contributed by atoms with Crippen LogP contribution >= 0.6 is 11.6 Å². The molecule has 2 atom stereocenters. The topological polar surface area (TPSA) is 0 Å². The summed E-state index contributed by atoms with van der Waals surface area (Å²) in [5.74, 6) is 0.850. The Morgan fingerprint density at radius 3 is 2.75 bits per heavy atom. The first-order valence-corrected chi connectivity index (χ1v) is 3.70. The van der Waals surface area contributed by atoms with Gasteiger partial charge in [0.1, 0.15) is 0 Å². The minimum Gasteiger partial charge on any atom is -0.123 e. The molecule has 0 nitrogen and oxygen atoms in total. The van der Waals surface area contributed by atoms with E-state index in [2.05, 4.69) is 13.3 Å². The second kappa shape index (κ2) is 2.72. The first-order valence-electron chi connectivity index (χ1n) is 3.26. The molecule has 8 heavy (non-hydrogen) atoms. The van der Waals surface area contributed by atoms with E-state index in [9.17, 15) is 0 Å². The van der Waals surface area contributed by atoms with Crippen LogP contribution in [-0.2, 0) is 0 Å². The predicted octanol–water partition coefficient (Wildman–Crippen LogP) is 2.62. The lowest BCUT2D eigenvalue weighted by Crippen LogP contribution is -2.12. The normalized spacial score (nSPS) is 39.8. The highest BCUT2D eigenvalue weighted by Gasteiger charge is 2.15. The van der Waals surface area contributed by atoms with Crippen LogP contribution in [-0.4, -0.2) is 5.38 Å². The molecule has 0 amide bonds. The molecular formula is C7H12Cl. The minimum absolute atomic E-state index is 0.360. The molecule has 0 aromatic carbocycles. The van der Waals surface area contributed by atoms with Gasteiger partial charge in [-0.1, -0.05) is 13.3 Å². The van der Waals surface area contributed by atoms with Gasteiger partial charge in [0, 0.05) is 5.38 Å². The van der Waals surface area contributed by atoms with Crippen LogP contribution in [0, 0.1) is 12.3 Å². The van der Waals surface area contributed by atoms with Crippen molar-refractivity contribution in [1.29, 1.82) is 0 Å². The van der Waals surface area contributed by atoms with Crippen molar-refractivity contribution in [2.24, 2.45) is 5.92 Å². The molecular weight excluding hydrogens is 120 g/mol. The van der Waals surface area contributed by atoms with Crippen LogP contribution in [0.15, 0.2) is 0 Å². The SMILES string of the molecule is CC1CC[CH]C(Cl)C1. The van der Waals surface area contributed by atoms with Crippen LogP contribution in [0.5, 0.6) is 0 Å². The van der Waals surface area contributed by atoms with Crippen LogP contribution in [0.1, 0.15) is 26.2 Å². The summed E-state index contributed by atoms with van der Waals surface area (Å²) >= 11 is 5.86. The Morgan fingerprint density at radius 2 is 2.38 bits per heavy atom. The average molecular weight is 132 g/mol. The molecule has 2 unspecified atom stereocenters. The van der Waals surface area contributed by atoms with Gasteiger partial charge in [0.15, 0.2) is 0 Å². The van der Waals surface area contributed by atoms with Crippen molar-refractivity contribution in [1.82, 2.24) is 0 Å². The van der Waals surface area contributed by atoms with Crippen molar-refractivity contribution in [3.8, 4) is 0 Å². The van der Waals surface area contributed by atoms with Gasteiger partial charge in [0.2, 0.25) is 0 Å². The zero-order valence-electron chi connectivity index (χ0n) is 5.23. The molecule has 1 heteroatoms. The Kier molecular flexibility index (Phi) is 2.18. The van der Waals surface area contributed by atoms with E-state index >= 15 is 0 Å². The number of rotatable bonds is 0. The molecule has 0 bridgehead atoms. The predicted molar refractivity (Wildman–Crippen MR) is 37.0 cm³/mol. The Morgan fingerprint density at radius 1 is 1.62 bits per heavy atom. The smallest absolute Gasteiger partial charge is 0.0370 e. The van der Waals surface area contributed by atoms with Crippen molar-refractivity contribution in [2.75, 3.05) is 0 Å². The molecule has 1 aliphatic rings. The fourth-order valence-corrected chi connectivity index (χ4v) is 1.59. The third-order valence-electron chi connectivity index (χ3n) is 1.71. The fourth-order valence-electron chi connectivity index (χ4n) is 1.16. The summed E-state index contributed by atoms with van der Waals surface area (Å²) in [6.45, 7) is 2.27. The molecule has 0 aromatic rings. The van der Waals surface area contributed by atoms with Gasteiger partial charge in [0.05, 0.1) is 0 Å². The standard InChI is InChI=1S/C7H12Cl/c1-6-3-2-4-7(8)5-6/h4,6-7H,2-3,5H2,1H3. The van der Waals surface area contributed by atoms with Crippen molar-refractivity contribution in [3.05, 3.63) is 6.42 Å². The molecule has 0 spiro atoms.